The summed E-state index contributed by atoms with van der Waals surface area (Å²) in [5, 5.41) is 3.22. The first-order chi connectivity index (χ1) is 6.09. The van der Waals surface area contributed by atoms with Crippen LogP contribution in [0.4, 0.5) is 0 Å². The van der Waals surface area contributed by atoms with Gasteiger partial charge in [0.25, 0.3) is 0 Å². The van der Waals surface area contributed by atoms with Crippen LogP contribution in [0.25, 0.3) is 0 Å². The van der Waals surface area contributed by atoms with Crippen LogP contribution in [0.1, 0.15) is 25.0 Å². The van der Waals surface area contributed by atoms with E-state index in [0.29, 0.717) is 6.04 Å². The molecule has 2 heteroatoms. The largest absolute Gasteiger partial charge is 0.374 e. The zero-order valence-corrected chi connectivity index (χ0v) is 9.11. The molecule has 0 spiro atoms. The highest BCUT2D eigenvalue weighted by Gasteiger charge is 2.01. The third-order valence-corrected chi connectivity index (χ3v) is 2.05. The van der Waals surface area contributed by atoms with Crippen LogP contribution in [0.3, 0.4) is 0 Å². The number of thiocarbonyl (C=S) groups is 1. The highest BCUT2D eigenvalue weighted by Crippen LogP contribution is 2.04. The van der Waals surface area contributed by atoms with Crippen LogP contribution in [0, 0.1) is 6.92 Å². The van der Waals surface area contributed by atoms with Crippen molar-refractivity contribution in [2.45, 2.75) is 26.8 Å². The van der Waals surface area contributed by atoms with Gasteiger partial charge in [-0.05, 0) is 26.8 Å². The highest BCUT2D eigenvalue weighted by molar-refractivity contribution is 7.80. The predicted octanol–water partition coefficient (Wildman–Crippen LogP) is 2.67. The lowest BCUT2D eigenvalue weighted by Gasteiger charge is -2.11. The molecule has 0 aliphatic heterocycles. The van der Waals surface area contributed by atoms with Crippen molar-refractivity contribution in [1.82, 2.24) is 5.32 Å². The van der Waals surface area contributed by atoms with Crippen LogP contribution in [-0.4, -0.2) is 11.0 Å². The van der Waals surface area contributed by atoms with E-state index < -0.39 is 0 Å². The molecule has 1 nitrogen and oxygen atoms in total. The minimum atomic E-state index is 0.396. The lowest BCUT2D eigenvalue weighted by atomic mass is 10.1. The van der Waals surface area contributed by atoms with Crippen molar-refractivity contribution in [3.05, 3.63) is 35.4 Å². The van der Waals surface area contributed by atoms with Gasteiger partial charge in [0, 0.05) is 11.6 Å². The van der Waals surface area contributed by atoms with Gasteiger partial charge in [-0.3, -0.25) is 0 Å². The zero-order valence-electron chi connectivity index (χ0n) is 8.29. The van der Waals surface area contributed by atoms with E-state index in [4.69, 9.17) is 12.2 Å². The van der Waals surface area contributed by atoms with Crippen molar-refractivity contribution in [1.29, 1.82) is 0 Å². The average Bonchev–Trinajstić information content (AvgIpc) is 2.03. The third kappa shape index (κ3) is 3.15. The summed E-state index contributed by atoms with van der Waals surface area (Å²) in [5.74, 6) is 0. The SMILES string of the molecule is Cc1cccc(C(=S)NC(C)C)c1. The maximum Gasteiger partial charge on any atom is 0.106 e. The molecule has 1 rings (SSSR count). The second kappa shape index (κ2) is 4.38. The topological polar surface area (TPSA) is 12.0 Å². The molecule has 0 amide bonds. The second-order valence-corrected chi connectivity index (χ2v) is 3.91. The van der Waals surface area contributed by atoms with E-state index >= 15 is 0 Å². The summed E-state index contributed by atoms with van der Waals surface area (Å²) >= 11 is 5.25. The molecule has 0 aliphatic rings. The van der Waals surface area contributed by atoms with Crippen LogP contribution >= 0.6 is 12.2 Å². The van der Waals surface area contributed by atoms with Gasteiger partial charge in [0.2, 0.25) is 0 Å². The Morgan fingerprint density at radius 3 is 2.62 bits per heavy atom. The molecule has 0 radical (unpaired) electrons. The highest BCUT2D eigenvalue weighted by atomic mass is 32.1. The molecule has 0 saturated heterocycles. The standard InChI is InChI=1S/C11H15NS/c1-8(2)12-11(13)10-6-4-5-9(3)7-10/h4-8H,1-3H3,(H,12,13). The number of nitrogens with one attached hydrogen (secondary N) is 1. The van der Waals surface area contributed by atoms with E-state index in [0.717, 1.165) is 10.6 Å². The van der Waals surface area contributed by atoms with Crippen LogP contribution in [0.15, 0.2) is 24.3 Å². The minimum absolute atomic E-state index is 0.396. The van der Waals surface area contributed by atoms with E-state index in [1.807, 2.05) is 12.1 Å². The molecule has 13 heavy (non-hydrogen) atoms. The lowest BCUT2D eigenvalue weighted by molar-refractivity contribution is 0.740. The zero-order chi connectivity index (χ0) is 9.84. The molecule has 0 saturated carbocycles. The summed E-state index contributed by atoms with van der Waals surface area (Å²) in [6.45, 7) is 6.24. The van der Waals surface area contributed by atoms with Crippen LogP contribution in [-0.2, 0) is 0 Å². The first-order valence-corrected chi connectivity index (χ1v) is 4.88. The number of hydrogen-bond acceptors (Lipinski definition) is 1. The molecule has 1 aromatic rings. The van der Waals surface area contributed by atoms with E-state index in [9.17, 15) is 0 Å². The monoisotopic (exact) mass is 193 g/mol. The maximum absolute atomic E-state index is 5.25. The van der Waals surface area contributed by atoms with Crippen molar-refractivity contribution in [3.8, 4) is 0 Å². The Bertz CT molecular complexity index is 305. The summed E-state index contributed by atoms with van der Waals surface area (Å²) in [5.41, 5.74) is 2.34. The molecular formula is C11H15NS. The van der Waals surface area contributed by atoms with Gasteiger partial charge in [-0.15, -0.1) is 0 Å². The Morgan fingerprint density at radius 2 is 2.08 bits per heavy atom. The molecule has 1 N–H and O–H groups in total. The van der Waals surface area contributed by atoms with E-state index in [1.54, 1.807) is 0 Å². The third-order valence-electron chi connectivity index (χ3n) is 1.70. The second-order valence-electron chi connectivity index (χ2n) is 3.50. The number of aryl methyl sites for hydroxylation is 1. The van der Waals surface area contributed by atoms with Crippen molar-refractivity contribution < 1.29 is 0 Å². The van der Waals surface area contributed by atoms with Crippen molar-refractivity contribution in [2.24, 2.45) is 0 Å². The first-order valence-electron chi connectivity index (χ1n) is 4.47. The maximum atomic E-state index is 5.25. The molecule has 0 aliphatic carbocycles. The van der Waals surface area contributed by atoms with Gasteiger partial charge in [-0.25, -0.2) is 0 Å². The molecule has 0 heterocycles. The smallest absolute Gasteiger partial charge is 0.106 e. The molecule has 70 valence electrons. The van der Waals surface area contributed by atoms with Gasteiger partial charge in [-0.1, -0.05) is 36.0 Å². The Kier molecular flexibility index (Phi) is 3.43. The van der Waals surface area contributed by atoms with Gasteiger partial charge in [0.05, 0.1) is 0 Å². The summed E-state index contributed by atoms with van der Waals surface area (Å²) in [7, 11) is 0. The van der Waals surface area contributed by atoms with Gasteiger partial charge in [0.1, 0.15) is 4.99 Å². The van der Waals surface area contributed by atoms with Gasteiger partial charge in [0.15, 0.2) is 0 Å². The predicted molar refractivity (Wildman–Crippen MR) is 61.2 cm³/mol. The van der Waals surface area contributed by atoms with Crippen molar-refractivity contribution in [2.75, 3.05) is 0 Å². The Balaban J connectivity index is 2.77. The summed E-state index contributed by atoms with van der Waals surface area (Å²) in [6.07, 6.45) is 0. The van der Waals surface area contributed by atoms with E-state index in [-0.39, 0.29) is 0 Å². The van der Waals surface area contributed by atoms with Gasteiger partial charge in [-0.2, -0.15) is 0 Å². The summed E-state index contributed by atoms with van der Waals surface area (Å²) in [4.78, 5) is 0.832. The minimum Gasteiger partial charge on any atom is -0.374 e. The van der Waals surface area contributed by atoms with Crippen LogP contribution in [0.2, 0.25) is 0 Å². The summed E-state index contributed by atoms with van der Waals surface area (Å²) in [6, 6.07) is 8.62. The van der Waals surface area contributed by atoms with E-state index in [2.05, 4.69) is 38.2 Å². The fraction of sp³-hybridized carbons (Fsp3) is 0.364. The Labute approximate surface area is 85.2 Å². The normalized spacial score (nSPS) is 10.2. The molecule has 1 aromatic carbocycles. The molecular weight excluding hydrogens is 178 g/mol. The average molecular weight is 193 g/mol. The lowest BCUT2D eigenvalue weighted by Crippen LogP contribution is -2.29. The van der Waals surface area contributed by atoms with Gasteiger partial charge < -0.3 is 5.32 Å². The van der Waals surface area contributed by atoms with Gasteiger partial charge >= 0.3 is 0 Å². The van der Waals surface area contributed by atoms with E-state index in [1.165, 1.54) is 5.56 Å². The summed E-state index contributed by atoms with van der Waals surface area (Å²) < 4.78 is 0. The quantitative estimate of drug-likeness (QED) is 0.725. The molecule has 0 fully saturated rings. The fourth-order valence-electron chi connectivity index (χ4n) is 1.13. The molecule has 0 aromatic heterocycles. The molecule has 0 bridgehead atoms. The van der Waals surface area contributed by atoms with Crippen molar-refractivity contribution in [3.63, 3.8) is 0 Å². The Hall–Kier alpha value is -0.890. The molecule has 0 unspecified atom stereocenters. The van der Waals surface area contributed by atoms with Crippen molar-refractivity contribution >= 4 is 17.2 Å². The fourth-order valence-corrected chi connectivity index (χ4v) is 1.49. The number of hydrogen-bond donors (Lipinski definition) is 1. The Morgan fingerprint density at radius 1 is 1.38 bits per heavy atom. The number of benzene rings is 1. The van der Waals surface area contributed by atoms with Crippen LogP contribution in [0.5, 0.6) is 0 Å². The first kappa shape index (κ1) is 10.2. The van der Waals surface area contributed by atoms with Crippen LogP contribution < -0.4 is 5.32 Å². The molecule has 0 atom stereocenters. The number of rotatable bonds is 2.